The lowest BCUT2D eigenvalue weighted by Gasteiger charge is -2.22. The molecule has 1 aromatic rings. The first-order valence-corrected chi connectivity index (χ1v) is 6.37. The average Bonchev–Trinajstić information content (AvgIpc) is 2.94. The summed E-state index contributed by atoms with van der Waals surface area (Å²) in [5, 5.41) is 12.6. The van der Waals surface area contributed by atoms with Crippen molar-refractivity contribution in [1.29, 1.82) is 0 Å². The Labute approximate surface area is 102 Å². The van der Waals surface area contributed by atoms with Crippen LogP contribution in [0.3, 0.4) is 0 Å². The predicted octanol–water partition coefficient (Wildman–Crippen LogP) is 2.50. The van der Waals surface area contributed by atoms with Crippen LogP contribution in [-0.2, 0) is 6.54 Å². The molecule has 2 atom stereocenters. The molecule has 0 aromatic heterocycles. The third kappa shape index (κ3) is 1.95. The predicted molar refractivity (Wildman–Crippen MR) is 67.2 cm³/mol. The van der Waals surface area contributed by atoms with E-state index >= 15 is 0 Å². The van der Waals surface area contributed by atoms with E-state index < -0.39 is 0 Å². The fourth-order valence-electron chi connectivity index (χ4n) is 3.31. The van der Waals surface area contributed by atoms with E-state index in [9.17, 15) is 0 Å². The highest BCUT2D eigenvalue weighted by atomic mass is 16.4. The van der Waals surface area contributed by atoms with Crippen molar-refractivity contribution in [2.75, 3.05) is 6.54 Å². The topological polar surface area (TPSA) is 35.8 Å². The highest BCUT2D eigenvalue weighted by Gasteiger charge is 2.42. The van der Waals surface area contributed by atoms with Crippen LogP contribution >= 0.6 is 0 Å². The van der Waals surface area contributed by atoms with Gasteiger partial charge in [0, 0.05) is 25.0 Å². The Kier molecular flexibility index (Phi) is 2.85. The van der Waals surface area contributed by atoms with Gasteiger partial charge in [0.2, 0.25) is 0 Å². The summed E-state index contributed by atoms with van der Waals surface area (Å²) in [5.74, 6) is 0.503. The highest BCUT2D eigenvalue weighted by Crippen LogP contribution is 2.37. The zero-order valence-electron chi connectivity index (χ0n) is 9.92. The van der Waals surface area contributed by atoms with Crippen LogP contribution in [0.2, 0.25) is 0 Å². The number of hydrogen-bond donors (Lipinski definition) is 1. The number of benzene rings is 1. The van der Waals surface area contributed by atoms with Gasteiger partial charge in [0.15, 0.2) is 0 Å². The average molecular weight is 230 g/mol. The van der Waals surface area contributed by atoms with Gasteiger partial charge in [0.05, 0.1) is 5.71 Å². The van der Waals surface area contributed by atoms with E-state index in [4.69, 9.17) is 5.21 Å². The number of hydrogen-bond acceptors (Lipinski definition) is 3. The van der Waals surface area contributed by atoms with E-state index in [1.165, 1.54) is 24.8 Å². The van der Waals surface area contributed by atoms with Crippen LogP contribution in [-0.4, -0.2) is 28.4 Å². The molecule has 2 fully saturated rings. The van der Waals surface area contributed by atoms with E-state index in [0.717, 1.165) is 18.8 Å². The Hall–Kier alpha value is -1.35. The molecule has 90 valence electrons. The van der Waals surface area contributed by atoms with Crippen molar-refractivity contribution in [2.24, 2.45) is 11.1 Å². The Balaban J connectivity index is 1.76. The Morgan fingerprint density at radius 1 is 1.24 bits per heavy atom. The van der Waals surface area contributed by atoms with Crippen LogP contribution in [0.15, 0.2) is 35.5 Å². The van der Waals surface area contributed by atoms with Crippen molar-refractivity contribution in [2.45, 2.75) is 31.8 Å². The third-order valence-corrected chi connectivity index (χ3v) is 4.10. The minimum atomic E-state index is 0.503. The highest BCUT2D eigenvalue weighted by molar-refractivity contribution is 5.91. The van der Waals surface area contributed by atoms with Gasteiger partial charge in [-0.3, -0.25) is 4.90 Å². The summed E-state index contributed by atoms with van der Waals surface area (Å²) in [7, 11) is 0. The molecule has 1 saturated carbocycles. The monoisotopic (exact) mass is 230 g/mol. The van der Waals surface area contributed by atoms with Crippen LogP contribution in [0.25, 0.3) is 0 Å². The Bertz CT molecular complexity index is 415. The molecule has 1 heterocycles. The maximum atomic E-state index is 9.06. The van der Waals surface area contributed by atoms with E-state index in [-0.39, 0.29) is 0 Å². The van der Waals surface area contributed by atoms with Gasteiger partial charge in [-0.05, 0) is 18.4 Å². The number of rotatable bonds is 2. The molecule has 3 nitrogen and oxygen atoms in total. The second-order valence-corrected chi connectivity index (χ2v) is 5.09. The summed E-state index contributed by atoms with van der Waals surface area (Å²) in [6.45, 7) is 1.81. The van der Waals surface area contributed by atoms with E-state index in [1.807, 2.05) is 6.07 Å². The van der Waals surface area contributed by atoms with Gasteiger partial charge in [-0.1, -0.05) is 41.9 Å². The molecule has 2 aliphatic rings. The molecule has 3 rings (SSSR count). The van der Waals surface area contributed by atoms with Gasteiger partial charge in [0.1, 0.15) is 0 Å². The van der Waals surface area contributed by atoms with Gasteiger partial charge < -0.3 is 5.21 Å². The molecule has 1 N–H and O–H groups in total. The van der Waals surface area contributed by atoms with Crippen LogP contribution in [0.5, 0.6) is 0 Å². The lowest BCUT2D eigenvalue weighted by molar-refractivity contribution is 0.233. The third-order valence-electron chi connectivity index (χ3n) is 4.10. The molecule has 1 aromatic carbocycles. The standard InChI is InChI=1S/C14H18N2O/c17-15-13-10-16(14-8-4-7-12(13)14)9-11-5-2-1-3-6-11/h1-3,5-6,12,14,17H,4,7-10H2/t12-,14-/m1/s1. The number of oxime groups is 1. The molecule has 1 aliphatic carbocycles. The molecule has 0 spiro atoms. The molecular formula is C14H18N2O. The minimum Gasteiger partial charge on any atom is -0.411 e. The van der Waals surface area contributed by atoms with E-state index in [1.54, 1.807) is 0 Å². The Morgan fingerprint density at radius 2 is 2.06 bits per heavy atom. The lowest BCUT2D eigenvalue weighted by Crippen LogP contribution is -2.29. The number of nitrogens with zero attached hydrogens (tertiary/aromatic N) is 2. The Morgan fingerprint density at radius 3 is 2.82 bits per heavy atom. The quantitative estimate of drug-likeness (QED) is 0.626. The van der Waals surface area contributed by atoms with Crippen LogP contribution < -0.4 is 0 Å². The summed E-state index contributed by atoms with van der Waals surface area (Å²) in [5.41, 5.74) is 2.33. The largest absolute Gasteiger partial charge is 0.411 e. The smallest absolute Gasteiger partial charge is 0.0757 e. The van der Waals surface area contributed by atoms with Crippen molar-refractivity contribution < 1.29 is 5.21 Å². The lowest BCUT2D eigenvalue weighted by atomic mass is 10.0. The fraction of sp³-hybridized carbons (Fsp3) is 0.500. The molecule has 0 radical (unpaired) electrons. The number of fused-ring (bicyclic) bond motifs is 1. The number of likely N-dealkylation sites (tertiary alicyclic amines) is 1. The first kappa shape index (κ1) is 10.8. The van der Waals surface area contributed by atoms with Crippen molar-refractivity contribution in [3.05, 3.63) is 35.9 Å². The summed E-state index contributed by atoms with van der Waals surface area (Å²) in [6.07, 6.45) is 3.70. The van der Waals surface area contributed by atoms with Crippen molar-refractivity contribution in [3.8, 4) is 0 Å². The second kappa shape index (κ2) is 4.49. The van der Waals surface area contributed by atoms with Crippen molar-refractivity contribution in [1.82, 2.24) is 4.90 Å². The normalized spacial score (nSPS) is 30.9. The molecular weight excluding hydrogens is 212 g/mol. The van der Waals surface area contributed by atoms with Gasteiger partial charge in [-0.25, -0.2) is 0 Å². The summed E-state index contributed by atoms with van der Waals surface area (Å²) >= 11 is 0. The molecule has 0 bridgehead atoms. The van der Waals surface area contributed by atoms with Crippen LogP contribution in [0.1, 0.15) is 24.8 Å². The molecule has 1 saturated heterocycles. The van der Waals surface area contributed by atoms with Crippen molar-refractivity contribution >= 4 is 5.71 Å². The van der Waals surface area contributed by atoms with Crippen LogP contribution in [0, 0.1) is 5.92 Å². The molecule has 0 amide bonds. The maximum absolute atomic E-state index is 9.06. The molecule has 17 heavy (non-hydrogen) atoms. The second-order valence-electron chi connectivity index (χ2n) is 5.09. The summed E-state index contributed by atoms with van der Waals surface area (Å²) in [6, 6.07) is 11.1. The first-order valence-electron chi connectivity index (χ1n) is 6.37. The minimum absolute atomic E-state index is 0.503. The van der Waals surface area contributed by atoms with Crippen LogP contribution in [0.4, 0.5) is 0 Å². The van der Waals surface area contributed by atoms with Crippen molar-refractivity contribution in [3.63, 3.8) is 0 Å². The molecule has 0 unspecified atom stereocenters. The SMILES string of the molecule is ON=C1CN(Cc2ccccc2)[C@@H]2CCC[C@H]12. The first-order chi connectivity index (χ1) is 8.38. The van der Waals surface area contributed by atoms with Gasteiger partial charge >= 0.3 is 0 Å². The zero-order valence-corrected chi connectivity index (χ0v) is 9.92. The molecule has 3 heteroatoms. The fourth-order valence-corrected chi connectivity index (χ4v) is 3.31. The zero-order chi connectivity index (χ0) is 11.7. The molecule has 1 aliphatic heterocycles. The van der Waals surface area contributed by atoms with Gasteiger partial charge in [0.25, 0.3) is 0 Å². The summed E-state index contributed by atoms with van der Waals surface area (Å²) < 4.78 is 0. The van der Waals surface area contributed by atoms with Gasteiger partial charge in [-0.15, -0.1) is 0 Å². The van der Waals surface area contributed by atoms with E-state index in [2.05, 4.69) is 34.3 Å². The summed E-state index contributed by atoms with van der Waals surface area (Å²) in [4.78, 5) is 2.46. The van der Waals surface area contributed by atoms with Gasteiger partial charge in [-0.2, -0.15) is 0 Å². The van der Waals surface area contributed by atoms with E-state index in [0.29, 0.717) is 12.0 Å². The maximum Gasteiger partial charge on any atom is 0.0757 e.